The van der Waals surface area contributed by atoms with Crippen molar-refractivity contribution in [3.05, 3.63) is 237 Å². The molecule has 62 heavy (non-hydrogen) atoms. The second kappa shape index (κ2) is 14.8. The van der Waals surface area contributed by atoms with Crippen LogP contribution < -0.4 is 0 Å². The van der Waals surface area contributed by atoms with E-state index in [0.717, 1.165) is 50.6 Å². The molecule has 0 unspecified atom stereocenters. The van der Waals surface area contributed by atoms with Crippen molar-refractivity contribution >= 4 is 43.6 Å². The molecule has 0 aliphatic carbocycles. The SMILES string of the molecule is c1ccc(-c2cc(-c3ccccc3)nc(-c3cccc(-c4ccc5c(c4)c4cc(-c6cccc(-n7c8ccccc8c8ccccc87)c6)ccc4n5-c4ccccc4)c3)c2)cc1. The van der Waals surface area contributed by atoms with Gasteiger partial charge in [0.15, 0.2) is 0 Å². The monoisotopic (exact) mass is 789 g/mol. The molecule has 9 aromatic carbocycles. The molecule has 0 aliphatic heterocycles. The van der Waals surface area contributed by atoms with Crippen molar-refractivity contribution in [2.45, 2.75) is 0 Å². The lowest BCUT2D eigenvalue weighted by atomic mass is 9.97. The smallest absolute Gasteiger partial charge is 0.0715 e. The van der Waals surface area contributed by atoms with Gasteiger partial charge in [0.05, 0.1) is 33.5 Å². The molecule has 0 saturated heterocycles. The second-order valence-corrected chi connectivity index (χ2v) is 16.0. The average Bonchev–Trinajstić information content (AvgIpc) is 3.87. The van der Waals surface area contributed by atoms with Gasteiger partial charge >= 0.3 is 0 Å². The molecule has 12 rings (SSSR count). The fourth-order valence-electron chi connectivity index (χ4n) is 9.35. The third-order valence-electron chi connectivity index (χ3n) is 12.3. The Kier molecular flexibility index (Phi) is 8.50. The third-order valence-corrected chi connectivity index (χ3v) is 12.3. The van der Waals surface area contributed by atoms with Gasteiger partial charge in [-0.15, -0.1) is 0 Å². The van der Waals surface area contributed by atoms with Crippen LogP contribution in [0.2, 0.25) is 0 Å². The molecule has 3 heterocycles. The molecule has 0 aliphatic rings. The number of benzene rings is 9. The van der Waals surface area contributed by atoms with Gasteiger partial charge in [-0.05, 0) is 112 Å². The standard InChI is InChI=1S/C59H39N3/c1-4-16-40(17-5-1)47-38-54(41-18-6-2-7-19-41)60-55(39-47)46-22-14-20-42(34-46)44-30-32-58-52(36-44)53-37-45(31-33-59(53)61(58)48-23-8-3-9-24-48)43-21-15-25-49(35-43)62-56-28-12-10-26-50(56)51-27-11-13-29-57(51)62/h1-39H. The first-order valence-electron chi connectivity index (χ1n) is 21.2. The van der Waals surface area contributed by atoms with E-state index >= 15 is 0 Å². The van der Waals surface area contributed by atoms with Crippen LogP contribution in [0.25, 0.3) is 111 Å². The van der Waals surface area contributed by atoms with Crippen LogP contribution in [0.1, 0.15) is 0 Å². The van der Waals surface area contributed by atoms with Crippen LogP contribution in [0.4, 0.5) is 0 Å². The van der Waals surface area contributed by atoms with Crippen molar-refractivity contribution in [2.24, 2.45) is 0 Å². The summed E-state index contributed by atoms with van der Waals surface area (Å²) in [6, 6.07) is 85.2. The molecule has 12 aromatic rings. The topological polar surface area (TPSA) is 22.8 Å². The van der Waals surface area contributed by atoms with E-state index in [2.05, 4.69) is 246 Å². The van der Waals surface area contributed by atoms with Crippen molar-refractivity contribution in [3.8, 4) is 67.3 Å². The van der Waals surface area contributed by atoms with Crippen molar-refractivity contribution in [1.82, 2.24) is 14.1 Å². The van der Waals surface area contributed by atoms with E-state index in [1.165, 1.54) is 60.3 Å². The highest BCUT2D eigenvalue weighted by atomic mass is 15.0. The molecule has 0 bridgehead atoms. The molecule has 3 aromatic heterocycles. The largest absolute Gasteiger partial charge is 0.309 e. The number of fused-ring (bicyclic) bond motifs is 6. The van der Waals surface area contributed by atoms with Crippen LogP contribution >= 0.6 is 0 Å². The van der Waals surface area contributed by atoms with Crippen LogP contribution in [-0.4, -0.2) is 14.1 Å². The number of pyridine rings is 1. The van der Waals surface area contributed by atoms with Gasteiger partial charge < -0.3 is 9.13 Å². The summed E-state index contributed by atoms with van der Waals surface area (Å²) in [4.78, 5) is 5.25. The highest BCUT2D eigenvalue weighted by Gasteiger charge is 2.17. The van der Waals surface area contributed by atoms with Gasteiger partial charge in [-0.3, -0.25) is 0 Å². The maximum Gasteiger partial charge on any atom is 0.0715 e. The van der Waals surface area contributed by atoms with Crippen LogP contribution in [0.5, 0.6) is 0 Å². The summed E-state index contributed by atoms with van der Waals surface area (Å²) >= 11 is 0. The Hall–Kier alpha value is -8.27. The molecule has 3 heteroatoms. The highest BCUT2D eigenvalue weighted by molar-refractivity contribution is 6.12. The minimum absolute atomic E-state index is 0.946. The zero-order chi connectivity index (χ0) is 41.0. The van der Waals surface area contributed by atoms with Crippen molar-refractivity contribution in [1.29, 1.82) is 0 Å². The van der Waals surface area contributed by atoms with Crippen LogP contribution in [0.15, 0.2) is 237 Å². The lowest BCUT2D eigenvalue weighted by molar-refractivity contribution is 1.18. The molecule has 0 radical (unpaired) electrons. The van der Waals surface area contributed by atoms with Gasteiger partial charge in [0.1, 0.15) is 0 Å². The first-order chi connectivity index (χ1) is 30.7. The Labute approximate surface area is 360 Å². The molecule has 0 N–H and O–H groups in total. The Morgan fingerprint density at radius 1 is 0.226 bits per heavy atom. The second-order valence-electron chi connectivity index (χ2n) is 16.0. The summed E-state index contributed by atoms with van der Waals surface area (Å²) < 4.78 is 4.79. The minimum Gasteiger partial charge on any atom is -0.309 e. The van der Waals surface area contributed by atoms with Crippen molar-refractivity contribution in [2.75, 3.05) is 0 Å². The molecule has 3 nitrogen and oxygen atoms in total. The van der Waals surface area contributed by atoms with E-state index in [-0.39, 0.29) is 0 Å². The summed E-state index contributed by atoms with van der Waals surface area (Å²) in [5.74, 6) is 0. The summed E-state index contributed by atoms with van der Waals surface area (Å²) in [5.41, 5.74) is 18.1. The van der Waals surface area contributed by atoms with Gasteiger partial charge in [-0.1, -0.05) is 158 Å². The van der Waals surface area contributed by atoms with Gasteiger partial charge in [0.2, 0.25) is 0 Å². The fourth-order valence-corrected chi connectivity index (χ4v) is 9.35. The first kappa shape index (κ1) is 35.7. The minimum atomic E-state index is 0.946. The first-order valence-corrected chi connectivity index (χ1v) is 21.2. The number of hydrogen-bond acceptors (Lipinski definition) is 1. The highest BCUT2D eigenvalue weighted by Crippen LogP contribution is 2.39. The maximum absolute atomic E-state index is 5.25. The van der Waals surface area contributed by atoms with Gasteiger partial charge in [-0.2, -0.15) is 0 Å². The molecule has 0 spiro atoms. The Bertz CT molecular complexity index is 3510. The maximum atomic E-state index is 5.25. The van der Waals surface area contributed by atoms with Crippen LogP contribution in [0, 0.1) is 0 Å². The Morgan fingerprint density at radius 2 is 0.645 bits per heavy atom. The molecule has 0 saturated carbocycles. The zero-order valence-corrected chi connectivity index (χ0v) is 33.9. The lowest BCUT2D eigenvalue weighted by Gasteiger charge is -2.12. The van der Waals surface area contributed by atoms with E-state index in [4.69, 9.17) is 4.98 Å². The average molecular weight is 790 g/mol. The Balaban J connectivity index is 0.997. The summed E-state index contributed by atoms with van der Waals surface area (Å²) in [6.07, 6.45) is 0. The van der Waals surface area contributed by atoms with Crippen molar-refractivity contribution in [3.63, 3.8) is 0 Å². The molecule has 290 valence electrons. The Morgan fingerprint density at radius 3 is 1.27 bits per heavy atom. The number of rotatable bonds is 7. The number of para-hydroxylation sites is 3. The van der Waals surface area contributed by atoms with Crippen LogP contribution in [-0.2, 0) is 0 Å². The molecule has 0 amide bonds. The molecule has 0 fully saturated rings. The van der Waals surface area contributed by atoms with Gasteiger partial charge in [0.25, 0.3) is 0 Å². The number of aromatic nitrogens is 3. The normalized spacial score (nSPS) is 11.5. The van der Waals surface area contributed by atoms with E-state index in [9.17, 15) is 0 Å². The molecular formula is C59H39N3. The summed E-state index contributed by atoms with van der Waals surface area (Å²) in [5, 5.41) is 4.95. The van der Waals surface area contributed by atoms with Gasteiger partial charge in [0, 0.05) is 44.0 Å². The quantitative estimate of drug-likeness (QED) is 0.158. The van der Waals surface area contributed by atoms with E-state index in [1.54, 1.807) is 0 Å². The summed E-state index contributed by atoms with van der Waals surface area (Å²) in [6.45, 7) is 0. The van der Waals surface area contributed by atoms with Gasteiger partial charge in [-0.25, -0.2) is 4.98 Å². The van der Waals surface area contributed by atoms with E-state index in [0.29, 0.717) is 0 Å². The van der Waals surface area contributed by atoms with Crippen LogP contribution in [0.3, 0.4) is 0 Å². The lowest BCUT2D eigenvalue weighted by Crippen LogP contribution is -1.94. The zero-order valence-electron chi connectivity index (χ0n) is 33.9. The molecule has 0 atom stereocenters. The van der Waals surface area contributed by atoms with E-state index in [1.807, 2.05) is 0 Å². The summed E-state index contributed by atoms with van der Waals surface area (Å²) in [7, 11) is 0. The predicted molar refractivity (Wildman–Crippen MR) is 260 cm³/mol. The van der Waals surface area contributed by atoms with E-state index < -0.39 is 0 Å². The molecular weight excluding hydrogens is 751 g/mol. The third kappa shape index (κ3) is 6.10. The number of hydrogen-bond donors (Lipinski definition) is 0. The predicted octanol–water partition coefficient (Wildman–Crippen LogP) is 15.6. The fraction of sp³-hybridized carbons (Fsp3) is 0. The number of nitrogens with zero attached hydrogens (tertiary/aromatic N) is 3. The van der Waals surface area contributed by atoms with Crippen molar-refractivity contribution < 1.29 is 0 Å².